The summed E-state index contributed by atoms with van der Waals surface area (Å²) in [5.41, 5.74) is 4.95. The summed E-state index contributed by atoms with van der Waals surface area (Å²) in [6.07, 6.45) is 3.38. The van der Waals surface area contributed by atoms with E-state index in [2.05, 4.69) is 11.1 Å². The zero-order valence-electron chi connectivity index (χ0n) is 18.7. The highest BCUT2D eigenvalue weighted by Crippen LogP contribution is 2.33. The van der Waals surface area contributed by atoms with Gasteiger partial charge in [-0.3, -0.25) is 14.5 Å². The predicted molar refractivity (Wildman–Crippen MR) is 132 cm³/mol. The van der Waals surface area contributed by atoms with E-state index in [1.807, 2.05) is 30.3 Å². The van der Waals surface area contributed by atoms with Gasteiger partial charge in [0, 0.05) is 41.3 Å². The quantitative estimate of drug-likeness (QED) is 0.514. The van der Waals surface area contributed by atoms with Crippen LogP contribution in [0.15, 0.2) is 48.7 Å². The predicted octanol–water partition coefficient (Wildman–Crippen LogP) is 4.93. The Balaban J connectivity index is 1.36. The molecule has 34 heavy (non-hydrogen) atoms. The van der Waals surface area contributed by atoms with Crippen molar-refractivity contribution in [2.24, 2.45) is 0 Å². The fourth-order valence-electron chi connectivity index (χ4n) is 4.57. The summed E-state index contributed by atoms with van der Waals surface area (Å²) in [5.74, 6) is 1.13. The van der Waals surface area contributed by atoms with Crippen LogP contribution in [0.1, 0.15) is 23.1 Å². The van der Waals surface area contributed by atoms with Crippen molar-refractivity contribution in [3.05, 3.63) is 75.4 Å². The molecule has 0 atom stereocenters. The largest absolute Gasteiger partial charge is 0.497 e. The lowest BCUT2D eigenvalue weighted by molar-refractivity contribution is -0.132. The molecule has 3 heterocycles. The Morgan fingerprint density at radius 2 is 1.76 bits per heavy atom. The molecule has 6 nitrogen and oxygen atoms in total. The minimum atomic E-state index is -0.0952. The van der Waals surface area contributed by atoms with E-state index in [1.54, 1.807) is 24.3 Å². The van der Waals surface area contributed by atoms with E-state index < -0.39 is 0 Å². The van der Waals surface area contributed by atoms with Crippen molar-refractivity contribution in [2.45, 2.75) is 25.8 Å². The van der Waals surface area contributed by atoms with Gasteiger partial charge < -0.3 is 9.64 Å². The zero-order valence-corrected chi connectivity index (χ0v) is 20.2. The molecule has 0 saturated heterocycles. The second-order valence-electron chi connectivity index (χ2n) is 8.54. The van der Waals surface area contributed by atoms with Crippen molar-refractivity contribution in [1.29, 1.82) is 0 Å². The van der Waals surface area contributed by atoms with Gasteiger partial charge in [0.1, 0.15) is 18.1 Å². The molecule has 2 aliphatic heterocycles. The highest BCUT2D eigenvalue weighted by atomic mass is 35.5. The van der Waals surface area contributed by atoms with Crippen LogP contribution in [0.3, 0.4) is 0 Å². The third-order valence-electron chi connectivity index (χ3n) is 6.38. The highest BCUT2D eigenvalue weighted by Gasteiger charge is 2.30. The van der Waals surface area contributed by atoms with Gasteiger partial charge in [-0.15, -0.1) is 0 Å². The molecule has 0 unspecified atom stereocenters. The van der Waals surface area contributed by atoms with E-state index in [0.29, 0.717) is 41.8 Å². The van der Waals surface area contributed by atoms with Gasteiger partial charge in [-0.05, 0) is 71.5 Å². The summed E-state index contributed by atoms with van der Waals surface area (Å²) < 4.78 is 5.33. The number of halogens is 2. The maximum atomic E-state index is 13.2. The van der Waals surface area contributed by atoms with Crippen molar-refractivity contribution in [1.82, 2.24) is 9.88 Å². The second-order valence-corrected chi connectivity index (χ2v) is 9.42. The standard InChI is InChI=1S/C26H23Cl2N3O3/c1-34-23-4-2-16-6-7-30(14-20(16)11-23)25(33)15-31-24(32)5-3-17-8-19(13-29-26(17)31)18-9-21(27)12-22(28)10-18/h2,4,8-13H,3,5-7,14-15H2,1H3. The van der Waals surface area contributed by atoms with Gasteiger partial charge in [0.05, 0.1) is 7.11 Å². The van der Waals surface area contributed by atoms with Crippen LogP contribution in [-0.4, -0.2) is 41.9 Å². The Labute approximate surface area is 208 Å². The van der Waals surface area contributed by atoms with E-state index in [4.69, 9.17) is 27.9 Å². The Hall–Kier alpha value is -3.09. The average Bonchev–Trinajstić information content (AvgIpc) is 2.84. The molecule has 0 N–H and O–H groups in total. The van der Waals surface area contributed by atoms with Gasteiger partial charge in [-0.25, -0.2) is 4.98 Å². The molecular formula is C26H23Cl2N3O3. The Morgan fingerprint density at radius 3 is 2.53 bits per heavy atom. The number of nitrogens with zero attached hydrogens (tertiary/aromatic N) is 3. The monoisotopic (exact) mass is 495 g/mol. The number of methoxy groups -OCH3 is 1. The third kappa shape index (κ3) is 4.48. The van der Waals surface area contributed by atoms with Crippen LogP contribution in [0.2, 0.25) is 10.0 Å². The van der Waals surface area contributed by atoms with Crippen molar-refractivity contribution < 1.29 is 14.3 Å². The fourth-order valence-corrected chi connectivity index (χ4v) is 5.10. The van der Waals surface area contributed by atoms with Crippen molar-refractivity contribution in [3.63, 3.8) is 0 Å². The molecule has 0 fully saturated rings. The summed E-state index contributed by atoms with van der Waals surface area (Å²) in [6.45, 7) is 1.09. The summed E-state index contributed by atoms with van der Waals surface area (Å²) in [5, 5.41) is 1.09. The van der Waals surface area contributed by atoms with Crippen LogP contribution in [0.25, 0.3) is 11.1 Å². The number of rotatable bonds is 4. The SMILES string of the molecule is COc1ccc2c(c1)CN(C(=O)CN1C(=O)CCc3cc(-c4cc(Cl)cc(Cl)c4)cnc31)CC2. The lowest BCUT2D eigenvalue weighted by atomic mass is 9.99. The molecule has 174 valence electrons. The summed E-state index contributed by atoms with van der Waals surface area (Å²) in [6, 6.07) is 13.3. The topological polar surface area (TPSA) is 62.7 Å². The van der Waals surface area contributed by atoms with Gasteiger partial charge in [0.25, 0.3) is 0 Å². The van der Waals surface area contributed by atoms with Crippen molar-refractivity contribution >= 4 is 40.8 Å². The molecule has 5 rings (SSSR count). The second kappa shape index (κ2) is 9.28. The first-order valence-corrected chi connectivity index (χ1v) is 11.9. The van der Waals surface area contributed by atoms with Crippen LogP contribution >= 0.6 is 23.2 Å². The smallest absolute Gasteiger partial charge is 0.243 e. The first kappa shape index (κ1) is 22.7. The minimum Gasteiger partial charge on any atom is -0.497 e. The Bertz CT molecular complexity index is 1270. The van der Waals surface area contributed by atoms with E-state index in [9.17, 15) is 9.59 Å². The molecule has 2 aromatic carbocycles. The molecule has 1 aromatic heterocycles. The number of carbonyl (C=O) groups excluding carboxylic acids is 2. The number of carbonyl (C=O) groups is 2. The van der Waals surface area contributed by atoms with Crippen LogP contribution in [-0.2, 0) is 29.0 Å². The first-order chi connectivity index (χ1) is 16.4. The summed E-state index contributed by atoms with van der Waals surface area (Å²) >= 11 is 12.3. The van der Waals surface area contributed by atoms with Gasteiger partial charge in [0.2, 0.25) is 11.8 Å². The van der Waals surface area contributed by atoms with E-state index in [1.165, 1.54) is 10.5 Å². The van der Waals surface area contributed by atoms with E-state index in [0.717, 1.165) is 34.4 Å². The number of fused-ring (bicyclic) bond motifs is 2. The lowest BCUT2D eigenvalue weighted by Gasteiger charge is -2.33. The van der Waals surface area contributed by atoms with Gasteiger partial charge in [0.15, 0.2) is 0 Å². The molecule has 0 radical (unpaired) electrons. The maximum absolute atomic E-state index is 13.2. The fraction of sp³-hybridized carbons (Fsp3) is 0.269. The number of aromatic nitrogens is 1. The molecule has 3 aromatic rings. The third-order valence-corrected chi connectivity index (χ3v) is 6.81. The van der Waals surface area contributed by atoms with Crippen LogP contribution < -0.4 is 9.64 Å². The van der Waals surface area contributed by atoms with Crippen LogP contribution in [0, 0.1) is 0 Å². The number of anilines is 1. The van der Waals surface area contributed by atoms with Crippen molar-refractivity contribution in [2.75, 3.05) is 25.1 Å². The zero-order chi connectivity index (χ0) is 23.8. The Morgan fingerprint density at radius 1 is 0.971 bits per heavy atom. The maximum Gasteiger partial charge on any atom is 0.243 e. The van der Waals surface area contributed by atoms with Crippen molar-refractivity contribution in [3.8, 4) is 16.9 Å². The van der Waals surface area contributed by atoms with Gasteiger partial charge in [-0.1, -0.05) is 29.3 Å². The molecule has 2 amide bonds. The van der Waals surface area contributed by atoms with Crippen LogP contribution in [0.5, 0.6) is 5.75 Å². The normalized spacial score (nSPS) is 15.1. The van der Waals surface area contributed by atoms with Crippen LogP contribution in [0.4, 0.5) is 5.82 Å². The molecule has 0 bridgehead atoms. The number of amides is 2. The van der Waals surface area contributed by atoms with E-state index in [-0.39, 0.29) is 18.4 Å². The molecular weight excluding hydrogens is 473 g/mol. The summed E-state index contributed by atoms with van der Waals surface area (Å²) in [7, 11) is 1.63. The number of benzene rings is 2. The molecule has 0 aliphatic carbocycles. The highest BCUT2D eigenvalue weighted by molar-refractivity contribution is 6.35. The first-order valence-electron chi connectivity index (χ1n) is 11.1. The molecule has 0 saturated carbocycles. The lowest BCUT2D eigenvalue weighted by Crippen LogP contribution is -2.46. The minimum absolute atomic E-state index is 0.0273. The number of hydrogen-bond donors (Lipinski definition) is 0. The summed E-state index contributed by atoms with van der Waals surface area (Å²) in [4.78, 5) is 33.8. The number of ether oxygens (including phenoxy) is 1. The van der Waals surface area contributed by atoms with Gasteiger partial charge in [-0.2, -0.15) is 0 Å². The van der Waals surface area contributed by atoms with Gasteiger partial charge >= 0.3 is 0 Å². The molecule has 2 aliphatic rings. The number of hydrogen-bond acceptors (Lipinski definition) is 4. The van der Waals surface area contributed by atoms with E-state index >= 15 is 0 Å². The Kier molecular flexibility index (Phi) is 6.19. The number of aryl methyl sites for hydroxylation is 1. The average molecular weight is 496 g/mol. The molecule has 8 heteroatoms. The number of pyridine rings is 1. The molecule has 0 spiro atoms.